The lowest BCUT2D eigenvalue weighted by atomic mass is 10.3. The SMILES string of the molecule is CC=CC(=O)NC(C)c1nc(C(=O)O)cs1. The molecule has 0 aliphatic heterocycles. The molecule has 86 valence electrons. The number of nitrogens with zero attached hydrogens (tertiary/aromatic N) is 1. The number of hydrogen-bond acceptors (Lipinski definition) is 4. The van der Waals surface area contributed by atoms with E-state index >= 15 is 0 Å². The minimum atomic E-state index is -1.06. The van der Waals surface area contributed by atoms with Crippen molar-refractivity contribution in [2.24, 2.45) is 0 Å². The zero-order valence-corrected chi connectivity index (χ0v) is 9.75. The van der Waals surface area contributed by atoms with Gasteiger partial charge in [0.1, 0.15) is 5.01 Å². The lowest BCUT2D eigenvalue weighted by Crippen LogP contribution is -2.24. The topological polar surface area (TPSA) is 79.3 Å². The van der Waals surface area contributed by atoms with Crippen molar-refractivity contribution in [2.75, 3.05) is 0 Å². The van der Waals surface area contributed by atoms with Crippen LogP contribution in [0.25, 0.3) is 0 Å². The first-order chi connectivity index (χ1) is 7.54. The fraction of sp³-hybridized carbons (Fsp3) is 0.300. The van der Waals surface area contributed by atoms with Gasteiger partial charge in [-0.25, -0.2) is 9.78 Å². The van der Waals surface area contributed by atoms with E-state index in [2.05, 4.69) is 10.3 Å². The van der Waals surface area contributed by atoms with Crippen LogP contribution in [-0.4, -0.2) is 22.0 Å². The average Bonchev–Trinajstić information content (AvgIpc) is 2.66. The Morgan fingerprint density at radius 2 is 2.31 bits per heavy atom. The van der Waals surface area contributed by atoms with Crippen molar-refractivity contribution >= 4 is 23.2 Å². The Bertz CT molecular complexity index is 425. The van der Waals surface area contributed by atoms with Crippen molar-refractivity contribution < 1.29 is 14.7 Å². The minimum Gasteiger partial charge on any atom is -0.476 e. The molecule has 1 aromatic rings. The summed E-state index contributed by atoms with van der Waals surface area (Å²) in [7, 11) is 0. The van der Waals surface area contributed by atoms with E-state index in [1.54, 1.807) is 19.9 Å². The second-order valence-corrected chi connectivity index (χ2v) is 4.00. The molecule has 1 unspecified atom stereocenters. The van der Waals surface area contributed by atoms with Crippen LogP contribution < -0.4 is 5.32 Å². The summed E-state index contributed by atoms with van der Waals surface area (Å²) in [6.07, 6.45) is 3.04. The van der Waals surface area contributed by atoms with Gasteiger partial charge < -0.3 is 10.4 Å². The van der Waals surface area contributed by atoms with Crippen molar-refractivity contribution in [3.63, 3.8) is 0 Å². The predicted octanol–water partition coefficient (Wildman–Crippen LogP) is 1.59. The molecule has 0 saturated heterocycles. The molecule has 0 aliphatic rings. The molecule has 1 rings (SSSR count). The number of carbonyl (C=O) groups is 2. The molecule has 0 saturated carbocycles. The van der Waals surface area contributed by atoms with Gasteiger partial charge in [-0.2, -0.15) is 0 Å². The molecule has 16 heavy (non-hydrogen) atoms. The maximum atomic E-state index is 11.2. The summed E-state index contributed by atoms with van der Waals surface area (Å²) >= 11 is 1.22. The Labute approximate surface area is 96.8 Å². The summed E-state index contributed by atoms with van der Waals surface area (Å²) < 4.78 is 0. The third-order valence-electron chi connectivity index (χ3n) is 1.79. The van der Waals surface area contributed by atoms with E-state index in [0.29, 0.717) is 5.01 Å². The van der Waals surface area contributed by atoms with E-state index in [0.717, 1.165) is 0 Å². The van der Waals surface area contributed by atoms with Crippen LogP contribution in [0.2, 0.25) is 0 Å². The molecule has 0 radical (unpaired) electrons. The van der Waals surface area contributed by atoms with Crippen LogP contribution in [0.1, 0.15) is 35.4 Å². The maximum Gasteiger partial charge on any atom is 0.355 e. The highest BCUT2D eigenvalue weighted by Crippen LogP contribution is 2.17. The van der Waals surface area contributed by atoms with Gasteiger partial charge in [-0.05, 0) is 19.9 Å². The third kappa shape index (κ3) is 3.16. The lowest BCUT2D eigenvalue weighted by Gasteiger charge is -2.08. The fourth-order valence-electron chi connectivity index (χ4n) is 1.06. The molecule has 0 aliphatic carbocycles. The van der Waals surface area contributed by atoms with Crippen LogP contribution in [0.15, 0.2) is 17.5 Å². The highest BCUT2D eigenvalue weighted by molar-refractivity contribution is 7.09. The van der Waals surface area contributed by atoms with Crippen molar-refractivity contribution in [3.05, 3.63) is 28.2 Å². The Balaban J connectivity index is 2.69. The van der Waals surface area contributed by atoms with Gasteiger partial charge in [-0.3, -0.25) is 4.79 Å². The van der Waals surface area contributed by atoms with Crippen molar-refractivity contribution in [2.45, 2.75) is 19.9 Å². The molecule has 6 heteroatoms. The summed E-state index contributed by atoms with van der Waals surface area (Å²) in [6.45, 7) is 3.50. The molecule has 1 amide bonds. The second-order valence-electron chi connectivity index (χ2n) is 3.11. The van der Waals surface area contributed by atoms with Crippen LogP contribution in [-0.2, 0) is 4.79 Å². The normalized spacial score (nSPS) is 12.6. The first-order valence-corrected chi connectivity index (χ1v) is 5.54. The van der Waals surface area contributed by atoms with E-state index < -0.39 is 5.97 Å². The van der Waals surface area contributed by atoms with Crippen LogP contribution in [0, 0.1) is 0 Å². The summed E-state index contributed by atoms with van der Waals surface area (Å²) in [5.41, 5.74) is 0.00660. The standard InChI is InChI=1S/C10H12N2O3S/c1-3-4-8(13)11-6(2)9-12-7(5-16-9)10(14)15/h3-6H,1-2H3,(H,11,13)(H,14,15). The Kier molecular flexibility index (Phi) is 4.19. The van der Waals surface area contributed by atoms with Crippen LogP contribution >= 0.6 is 11.3 Å². The van der Waals surface area contributed by atoms with E-state index in [-0.39, 0.29) is 17.6 Å². The molecule has 0 bridgehead atoms. The predicted molar refractivity (Wildman–Crippen MR) is 60.4 cm³/mol. The first kappa shape index (κ1) is 12.4. The third-order valence-corrected chi connectivity index (χ3v) is 2.82. The number of aromatic carboxylic acids is 1. The van der Waals surface area contributed by atoms with E-state index in [1.807, 2.05) is 0 Å². The molecule has 1 heterocycles. The molecule has 1 aromatic heterocycles. The number of allylic oxidation sites excluding steroid dienone is 1. The van der Waals surface area contributed by atoms with Gasteiger partial charge in [0.15, 0.2) is 5.69 Å². The number of carboxylic acids is 1. The highest BCUT2D eigenvalue weighted by atomic mass is 32.1. The van der Waals surface area contributed by atoms with Crippen molar-refractivity contribution in [3.8, 4) is 0 Å². The molecule has 2 N–H and O–H groups in total. The van der Waals surface area contributed by atoms with Crippen molar-refractivity contribution in [1.82, 2.24) is 10.3 Å². The largest absolute Gasteiger partial charge is 0.476 e. The fourth-order valence-corrected chi connectivity index (χ4v) is 1.86. The monoisotopic (exact) mass is 240 g/mol. The molecular weight excluding hydrogens is 228 g/mol. The maximum absolute atomic E-state index is 11.2. The average molecular weight is 240 g/mol. The molecular formula is C10H12N2O3S. The van der Waals surface area contributed by atoms with Crippen molar-refractivity contribution in [1.29, 1.82) is 0 Å². The number of aromatic nitrogens is 1. The minimum absolute atomic E-state index is 0.00660. The van der Waals surface area contributed by atoms with E-state index in [4.69, 9.17) is 5.11 Å². The summed E-state index contributed by atoms with van der Waals surface area (Å²) in [5.74, 6) is -1.28. The second kappa shape index (κ2) is 5.41. The molecule has 5 nitrogen and oxygen atoms in total. The number of rotatable bonds is 4. The Hall–Kier alpha value is -1.69. The van der Waals surface area contributed by atoms with Crippen LogP contribution in [0.5, 0.6) is 0 Å². The van der Waals surface area contributed by atoms with Gasteiger partial charge in [-0.1, -0.05) is 6.08 Å². The highest BCUT2D eigenvalue weighted by Gasteiger charge is 2.14. The van der Waals surface area contributed by atoms with Gasteiger partial charge in [0.25, 0.3) is 0 Å². The summed E-state index contributed by atoms with van der Waals surface area (Å²) in [6, 6.07) is -0.290. The zero-order valence-electron chi connectivity index (χ0n) is 8.93. The smallest absolute Gasteiger partial charge is 0.355 e. The molecule has 0 spiro atoms. The number of nitrogens with one attached hydrogen (secondary N) is 1. The zero-order chi connectivity index (χ0) is 12.1. The Morgan fingerprint density at radius 3 is 2.81 bits per heavy atom. The molecule has 0 fully saturated rings. The van der Waals surface area contributed by atoms with Gasteiger partial charge >= 0.3 is 5.97 Å². The van der Waals surface area contributed by atoms with E-state index in [1.165, 1.54) is 22.8 Å². The number of carbonyl (C=O) groups excluding carboxylic acids is 1. The van der Waals surface area contributed by atoms with Crippen LogP contribution in [0.3, 0.4) is 0 Å². The molecule has 1 atom stereocenters. The first-order valence-electron chi connectivity index (χ1n) is 4.66. The number of amides is 1. The summed E-state index contributed by atoms with van der Waals surface area (Å²) in [4.78, 5) is 25.7. The number of thiazole rings is 1. The van der Waals surface area contributed by atoms with Gasteiger partial charge in [0.05, 0.1) is 6.04 Å². The molecule has 0 aromatic carbocycles. The van der Waals surface area contributed by atoms with Gasteiger partial charge in [0.2, 0.25) is 5.91 Å². The van der Waals surface area contributed by atoms with Gasteiger partial charge in [0, 0.05) is 5.38 Å². The van der Waals surface area contributed by atoms with E-state index in [9.17, 15) is 9.59 Å². The summed E-state index contributed by atoms with van der Waals surface area (Å²) in [5, 5.41) is 13.4. The lowest BCUT2D eigenvalue weighted by molar-refractivity contribution is -0.117. The quantitative estimate of drug-likeness (QED) is 0.783. The van der Waals surface area contributed by atoms with Crippen LogP contribution in [0.4, 0.5) is 0 Å². The Morgan fingerprint density at radius 1 is 1.62 bits per heavy atom. The van der Waals surface area contributed by atoms with Gasteiger partial charge in [-0.15, -0.1) is 11.3 Å². The number of hydrogen-bond donors (Lipinski definition) is 2. The number of carboxylic acid groups (broad SMARTS) is 1.